The summed E-state index contributed by atoms with van der Waals surface area (Å²) in [6, 6.07) is 1.20. The Kier molecular flexibility index (Phi) is 11.0. The summed E-state index contributed by atoms with van der Waals surface area (Å²) < 4.78 is 11.0. The van der Waals surface area contributed by atoms with Gasteiger partial charge in [0.2, 0.25) is 10.5 Å². The third-order valence-corrected chi connectivity index (χ3v) is 9.14. The number of carbonyl (C=O) groups is 1. The van der Waals surface area contributed by atoms with Crippen LogP contribution in [0.3, 0.4) is 0 Å². The molecule has 0 saturated heterocycles. The Morgan fingerprint density at radius 3 is 2.06 bits per heavy atom. The third-order valence-electron chi connectivity index (χ3n) is 2.47. The number of rotatable bonds is 8. The molecule has 1 radical (unpaired) electrons. The molecule has 0 saturated carbocycles. The van der Waals surface area contributed by atoms with Crippen molar-refractivity contribution in [2.75, 3.05) is 0 Å². The van der Waals surface area contributed by atoms with E-state index in [4.69, 9.17) is 8.54 Å². The van der Waals surface area contributed by atoms with Gasteiger partial charge in [0.15, 0.2) is 16.6 Å². The zero-order valence-electron chi connectivity index (χ0n) is 12.6. The van der Waals surface area contributed by atoms with Crippen molar-refractivity contribution in [2.24, 2.45) is 0 Å². The number of hydrogen-bond donors (Lipinski definition) is 0. The van der Waals surface area contributed by atoms with E-state index >= 15 is 0 Å². The molecule has 0 heterocycles. The average molecular weight is 352 g/mol. The van der Waals surface area contributed by atoms with E-state index < -0.39 is 16.6 Å². The standard InChI is InChI=1S/C11H28O3Si3.Co/c1-16(2,3)14-17(4,5)10-8-6-7-9-11(12)13-15;/h6-10H2,1-5,15H3;. The predicted molar refractivity (Wildman–Crippen MR) is 81.2 cm³/mol. The Hall–Kier alpha value is 0.587. The van der Waals surface area contributed by atoms with E-state index in [1.807, 2.05) is 0 Å². The summed E-state index contributed by atoms with van der Waals surface area (Å²) in [5.41, 5.74) is 0. The topological polar surface area (TPSA) is 35.5 Å². The molecular weight excluding hydrogens is 323 g/mol. The fraction of sp³-hybridized carbons (Fsp3) is 0.909. The van der Waals surface area contributed by atoms with E-state index in [2.05, 4.69) is 32.7 Å². The Morgan fingerprint density at radius 2 is 1.61 bits per heavy atom. The predicted octanol–water partition coefficient (Wildman–Crippen LogP) is 2.42. The second-order valence-electron chi connectivity index (χ2n) is 6.11. The van der Waals surface area contributed by atoms with Gasteiger partial charge in [-0.25, -0.2) is 0 Å². The first-order valence-corrected chi connectivity index (χ1v) is 13.8. The normalized spacial score (nSPS) is 12.1. The molecule has 0 rings (SSSR count). The number of carbonyl (C=O) groups excluding carboxylic acids is 1. The van der Waals surface area contributed by atoms with Crippen molar-refractivity contribution in [1.82, 2.24) is 0 Å². The van der Waals surface area contributed by atoms with E-state index in [0.717, 1.165) is 12.8 Å². The molecule has 0 unspecified atom stereocenters. The van der Waals surface area contributed by atoms with Crippen molar-refractivity contribution in [3.05, 3.63) is 0 Å². The van der Waals surface area contributed by atoms with Crippen LogP contribution in [0.25, 0.3) is 0 Å². The Bertz CT molecular complexity index is 242. The first-order chi connectivity index (χ1) is 7.66. The van der Waals surface area contributed by atoms with E-state index in [1.54, 1.807) is 0 Å². The van der Waals surface area contributed by atoms with Gasteiger partial charge < -0.3 is 8.54 Å². The van der Waals surface area contributed by atoms with Crippen LogP contribution in [-0.2, 0) is 30.1 Å². The number of hydrogen-bond acceptors (Lipinski definition) is 3. The van der Waals surface area contributed by atoms with Crippen molar-refractivity contribution >= 4 is 33.1 Å². The first-order valence-electron chi connectivity index (χ1n) is 6.43. The van der Waals surface area contributed by atoms with E-state index in [1.165, 1.54) is 12.5 Å². The molecule has 0 atom stereocenters. The minimum Gasteiger partial charge on any atom is -0.529 e. The van der Waals surface area contributed by atoms with E-state index in [0.29, 0.717) is 16.9 Å². The van der Waals surface area contributed by atoms with Crippen LogP contribution in [0.1, 0.15) is 25.7 Å². The van der Waals surface area contributed by atoms with Gasteiger partial charge in [-0.3, -0.25) is 4.79 Å². The zero-order valence-corrected chi connectivity index (χ0v) is 17.6. The van der Waals surface area contributed by atoms with Crippen molar-refractivity contribution in [2.45, 2.75) is 64.5 Å². The van der Waals surface area contributed by atoms with Gasteiger partial charge in [-0.05, 0) is 45.2 Å². The second kappa shape index (κ2) is 9.48. The summed E-state index contributed by atoms with van der Waals surface area (Å²) >= 11 is 0. The SMILES string of the molecule is C[Si](C)(C)O[Si](C)(C)CCCCCC(=O)O[SiH3].[Co]. The molecule has 0 amide bonds. The van der Waals surface area contributed by atoms with Crippen molar-refractivity contribution in [3.8, 4) is 0 Å². The van der Waals surface area contributed by atoms with Gasteiger partial charge in [-0.15, -0.1) is 0 Å². The van der Waals surface area contributed by atoms with Gasteiger partial charge in [-0.1, -0.05) is 12.8 Å². The minimum absolute atomic E-state index is 0. The van der Waals surface area contributed by atoms with Gasteiger partial charge >= 0.3 is 0 Å². The fourth-order valence-corrected chi connectivity index (χ4v) is 10.3. The van der Waals surface area contributed by atoms with Crippen LogP contribution in [0, 0.1) is 0 Å². The van der Waals surface area contributed by atoms with Gasteiger partial charge in [0, 0.05) is 23.2 Å². The molecule has 0 bridgehead atoms. The molecule has 0 aromatic heterocycles. The maximum atomic E-state index is 11.0. The molecule has 0 aliphatic heterocycles. The monoisotopic (exact) mass is 351 g/mol. The van der Waals surface area contributed by atoms with Crippen LogP contribution in [0.2, 0.25) is 38.8 Å². The third kappa shape index (κ3) is 13.0. The van der Waals surface area contributed by atoms with E-state index in [9.17, 15) is 4.79 Å². The molecule has 0 aliphatic carbocycles. The van der Waals surface area contributed by atoms with Gasteiger partial charge in [-0.2, -0.15) is 0 Å². The first kappa shape index (κ1) is 20.9. The van der Waals surface area contributed by atoms with Crippen molar-refractivity contribution in [3.63, 3.8) is 0 Å². The molecule has 0 aliphatic rings. The molecule has 0 fully saturated rings. The summed E-state index contributed by atoms with van der Waals surface area (Å²) in [6.45, 7) is 11.4. The molecule has 0 aromatic rings. The quantitative estimate of drug-likeness (QED) is 0.498. The molecule has 0 N–H and O–H groups in total. The Morgan fingerprint density at radius 1 is 1.06 bits per heavy atom. The van der Waals surface area contributed by atoms with Gasteiger partial charge in [0.25, 0.3) is 5.97 Å². The molecule has 7 heteroatoms. The van der Waals surface area contributed by atoms with Gasteiger partial charge in [0.1, 0.15) is 0 Å². The summed E-state index contributed by atoms with van der Waals surface area (Å²) in [5.74, 6) is -0.0356. The summed E-state index contributed by atoms with van der Waals surface area (Å²) in [6.07, 6.45) is 3.83. The van der Waals surface area contributed by atoms with E-state index in [-0.39, 0.29) is 22.7 Å². The van der Waals surface area contributed by atoms with Crippen molar-refractivity contribution in [1.29, 1.82) is 0 Å². The second-order valence-corrected chi connectivity index (χ2v) is 15.6. The molecule has 3 nitrogen and oxygen atoms in total. The summed E-state index contributed by atoms with van der Waals surface area (Å²) in [7, 11) is -2.34. The Labute approximate surface area is 127 Å². The molecule has 18 heavy (non-hydrogen) atoms. The van der Waals surface area contributed by atoms with Gasteiger partial charge in [0.05, 0.1) is 0 Å². The fourth-order valence-electron chi connectivity index (χ4n) is 1.98. The summed E-state index contributed by atoms with van der Waals surface area (Å²) in [5, 5.41) is 0. The van der Waals surface area contributed by atoms with Crippen LogP contribution < -0.4 is 0 Å². The molecule has 0 aromatic carbocycles. The Balaban J connectivity index is 0. The molecule has 0 spiro atoms. The van der Waals surface area contributed by atoms with Crippen LogP contribution >= 0.6 is 0 Å². The van der Waals surface area contributed by atoms with Crippen LogP contribution in [0.5, 0.6) is 0 Å². The zero-order chi connectivity index (χ0) is 13.5. The van der Waals surface area contributed by atoms with Crippen LogP contribution in [0.15, 0.2) is 0 Å². The summed E-state index contributed by atoms with van der Waals surface area (Å²) in [4.78, 5) is 11.0. The van der Waals surface area contributed by atoms with Crippen molar-refractivity contribution < 1.29 is 30.1 Å². The smallest absolute Gasteiger partial charge is 0.291 e. The maximum Gasteiger partial charge on any atom is 0.291 e. The maximum absolute atomic E-state index is 11.0. The molecule has 111 valence electrons. The average Bonchev–Trinajstić information content (AvgIpc) is 2.12. The van der Waals surface area contributed by atoms with Crippen LogP contribution in [-0.4, -0.2) is 33.1 Å². The minimum atomic E-state index is -1.47. The van der Waals surface area contributed by atoms with Crippen LogP contribution in [0.4, 0.5) is 0 Å². The number of unbranched alkanes of at least 4 members (excludes halogenated alkanes) is 2. The molecular formula is C11H28CoO3Si3. The largest absolute Gasteiger partial charge is 0.529 e.